The van der Waals surface area contributed by atoms with Gasteiger partial charge in [0.2, 0.25) is 5.78 Å². The molecule has 0 radical (unpaired) electrons. The van der Waals surface area contributed by atoms with E-state index in [2.05, 4.69) is 9.55 Å². The molecule has 0 spiro atoms. The molecule has 0 aromatic carbocycles. The molecule has 8 heteroatoms. The number of aryl methyl sites for hydroxylation is 2. The number of hydrogen-bond acceptors (Lipinski definition) is 4. The van der Waals surface area contributed by atoms with Crippen molar-refractivity contribution in [1.82, 2.24) is 23.1 Å². The Balaban J connectivity index is 1.93. The van der Waals surface area contributed by atoms with Crippen LogP contribution in [0.2, 0.25) is 0 Å². The average Bonchev–Trinajstić information content (AvgIpc) is 3.31. The van der Waals surface area contributed by atoms with E-state index in [1.165, 1.54) is 9.13 Å². The Morgan fingerprint density at radius 3 is 2.81 bits per heavy atom. The molecule has 1 aliphatic heterocycles. The summed E-state index contributed by atoms with van der Waals surface area (Å²) in [6.07, 6.45) is 5.93. The zero-order chi connectivity index (χ0) is 18.4. The Labute approximate surface area is 150 Å². The molecule has 1 fully saturated rings. The number of fused-ring (bicyclic) bond motifs is 3. The first-order chi connectivity index (χ1) is 12.5. The standard InChI is InChI=1S/C18H25N5O3/c1-4-5-8-21-16(24)14-15(20(3)18(21)25)19-17-22(12(2)10-23(14)17)11-13-7-6-9-26-13/h10,13H,4-9,11H2,1-3H3. The molecule has 140 valence electrons. The van der Waals surface area contributed by atoms with E-state index in [-0.39, 0.29) is 17.4 Å². The van der Waals surface area contributed by atoms with E-state index < -0.39 is 0 Å². The molecular weight excluding hydrogens is 334 g/mol. The van der Waals surface area contributed by atoms with E-state index >= 15 is 0 Å². The monoisotopic (exact) mass is 359 g/mol. The molecule has 3 aromatic heterocycles. The van der Waals surface area contributed by atoms with Crippen molar-refractivity contribution < 1.29 is 4.74 Å². The molecule has 1 atom stereocenters. The quantitative estimate of drug-likeness (QED) is 0.691. The van der Waals surface area contributed by atoms with Crippen molar-refractivity contribution in [3.8, 4) is 0 Å². The van der Waals surface area contributed by atoms with Crippen molar-refractivity contribution in [3.05, 3.63) is 32.7 Å². The molecule has 0 amide bonds. The summed E-state index contributed by atoms with van der Waals surface area (Å²) in [4.78, 5) is 30.2. The van der Waals surface area contributed by atoms with Crippen LogP contribution in [0.15, 0.2) is 15.8 Å². The van der Waals surface area contributed by atoms with Crippen molar-refractivity contribution in [3.63, 3.8) is 0 Å². The minimum atomic E-state index is -0.306. The molecule has 3 aromatic rings. The second-order valence-corrected chi connectivity index (χ2v) is 7.12. The van der Waals surface area contributed by atoms with Gasteiger partial charge in [0.05, 0.1) is 12.6 Å². The topological polar surface area (TPSA) is 75.5 Å². The molecule has 26 heavy (non-hydrogen) atoms. The van der Waals surface area contributed by atoms with E-state index in [1.54, 1.807) is 7.05 Å². The Bertz CT molecular complexity index is 1080. The number of ether oxygens (including phenoxy) is 1. The van der Waals surface area contributed by atoms with Crippen LogP contribution in [-0.2, 0) is 24.9 Å². The highest BCUT2D eigenvalue weighted by atomic mass is 16.5. The Morgan fingerprint density at radius 2 is 2.12 bits per heavy atom. The molecule has 0 N–H and O–H groups in total. The summed E-state index contributed by atoms with van der Waals surface area (Å²) in [5.74, 6) is 0.688. The summed E-state index contributed by atoms with van der Waals surface area (Å²) < 4.78 is 12.5. The lowest BCUT2D eigenvalue weighted by Gasteiger charge is -2.11. The van der Waals surface area contributed by atoms with Crippen LogP contribution < -0.4 is 11.2 Å². The molecule has 0 bridgehead atoms. The normalized spacial score (nSPS) is 17.7. The lowest BCUT2D eigenvalue weighted by molar-refractivity contribution is 0.0974. The van der Waals surface area contributed by atoms with E-state index in [9.17, 15) is 9.59 Å². The van der Waals surface area contributed by atoms with Crippen molar-refractivity contribution in [2.75, 3.05) is 6.61 Å². The van der Waals surface area contributed by atoms with Gasteiger partial charge in [-0.15, -0.1) is 0 Å². The molecule has 1 saturated heterocycles. The van der Waals surface area contributed by atoms with Gasteiger partial charge in [-0.3, -0.25) is 18.3 Å². The minimum absolute atomic E-state index is 0.176. The van der Waals surface area contributed by atoms with Gasteiger partial charge in [-0.1, -0.05) is 13.3 Å². The smallest absolute Gasteiger partial charge is 0.332 e. The number of aromatic nitrogens is 5. The Kier molecular flexibility index (Phi) is 4.22. The third-order valence-electron chi connectivity index (χ3n) is 5.29. The highest BCUT2D eigenvalue weighted by Gasteiger charge is 2.22. The highest BCUT2D eigenvalue weighted by molar-refractivity contribution is 5.75. The zero-order valence-corrected chi connectivity index (χ0v) is 15.6. The van der Waals surface area contributed by atoms with Crippen LogP contribution in [0.4, 0.5) is 0 Å². The predicted octanol–water partition coefficient (Wildman–Crippen LogP) is 1.44. The van der Waals surface area contributed by atoms with Gasteiger partial charge >= 0.3 is 5.69 Å². The third-order valence-corrected chi connectivity index (χ3v) is 5.29. The van der Waals surface area contributed by atoms with Crippen LogP contribution in [0.25, 0.3) is 16.9 Å². The SMILES string of the molecule is CCCCn1c(=O)c2c(nc3n(CC4CCCO4)c(C)cn23)n(C)c1=O. The molecule has 4 rings (SSSR count). The summed E-state index contributed by atoms with van der Waals surface area (Å²) in [5, 5.41) is 0. The van der Waals surface area contributed by atoms with Crippen LogP contribution in [0.3, 0.4) is 0 Å². The number of unbranched alkanes of at least 4 members (excludes halogenated alkanes) is 1. The molecule has 4 heterocycles. The second-order valence-electron chi connectivity index (χ2n) is 7.12. The van der Waals surface area contributed by atoms with Crippen molar-refractivity contribution >= 4 is 16.9 Å². The maximum atomic E-state index is 13.0. The van der Waals surface area contributed by atoms with E-state index in [0.717, 1.165) is 38.0 Å². The van der Waals surface area contributed by atoms with Gasteiger partial charge in [0.1, 0.15) is 0 Å². The predicted molar refractivity (Wildman–Crippen MR) is 98.8 cm³/mol. The molecule has 0 saturated carbocycles. The van der Waals surface area contributed by atoms with Gasteiger partial charge < -0.3 is 9.30 Å². The first-order valence-corrected chi connectivity index (χ1v) is 9.32. The van der Waals surface area contributed by atoms with Gasteiger partial charge in [0.25, 0.3) is 5.56 Å². The van der Waals surface area contributed by atoms with Crippen LogP contribution in [-0.4, -0.2) is 35.8 Å². The van der Waals surface area contributed by atoms with E-state index in [0.29, 0.717) is 30.0 Å². The van der Waals surface area contributed by atoms with Gasteiger partial charge in [0, 0.05) is 32.1 Å². The summed E-state index contributed by atoms with van der Waals surface area (Å²) in [5.41, 5.74) is 1.35. The summed E-state index contributed by atoms with van der Waals surface area (Å²) in [7, 11) is 1.68. The second kappa shape index (κ2) is 6.42. The van der Waals surface area contributed by atoms with Crippen LogP contribution in [0.5, 0.6) is 0 Å². The Morgan fingerprint density at radius 1 is 1.31 bits per heavy atom. The summed E-state index contributed by atoms with van der Waals surface area (Å²) in [6, 6.07) is 0. The highest BCUT2D eigenvalue weighted by Crippen LogP contribution is 2.20. The van der Waals surface area contributed by atoms with Crippen LogP contribution >= 0.6 is 0 Å². The van der Waals surface area contributed by atoms with Crippen molar-refractivity contribution in [1.29, 1.82) is 0 Å². The van der Waals surface area contributed by atoms with Crippen LogP contribution in [0.1, 0.15) is 38.3 Å². The summed E-state index contributed by atoms with van der Waals surface area (Å²) in [6.45, 7) is 5.99. The van der Waals surface area contributed by atoms with Gasteiger partial charge in [0.15, 0.2) is 11.2 Å². The lowest BCUT2D eigenvalue weighted by atomic mass is 10.2. The number of imidazole rings is 2. The first-order valence-electron chi connectivity index (χ1n) is 9.32. The molecule has 8 nitrogen and oxygen atoms in total. The van der Waals surface area contributed by atoms with Crippen molar-refractivity contribution in [2.24, 2.45) is 7.05 Å². The fourth-order valence-corrected chi connectivity index (χ4v) is 3.79. The maximum Gasteiger partial charge on any atom is 0.332 e. The molecule has 1 unspecified atom stereocenters. The third kappa shape index (κ3) is 2.51. The zero-order valence-electron chi connectivity index (χ0n) is 15.6. The maximum absolute atomic E-state index is 13.0. The van der Waals surface area contributed by atoms with Gasteiger partial charge in [-0.05, 0) is 26.2 Å². The molecular formula is C18H25N5O3. The Hall–Kier alpha value is -2.35. The van der Waals surface area contributed by atoms with Crippen molar-refractivity contribution in [2.45, 2.75) is 58.7 Å². The fraction of sp³-hybridized carbons (Fsp3) is 0.611. The van der Waals surface area contributed by atoms with Gasteiger partial charge in [-0.2, -0.15) is 4.98 Å². The largest absolute Gasteiger partial charge is 0.376 e. The average molecular weight is 359 g/mol. The number of hydrogen-bond donors (Lipinski definition) is 0. The van der Waals surface area contributed by atoms with Gasteiger partial charge in [-0.25, -0.2) is 4.79 Å². The fourth-order valence-electron chi connectivity index (χ4n) is 3.79. The van der Waals surface area contributed by atoms with Crippen LogP contribution in [0, 0.1) is 6.92 Å². The molecule has 1 aliphatic rings. The first kappa shape index (κ1) is 17.1. The minimum Gasteiger partial charge on any atom is -0.376 e. The lowest BCUT2D eigenvalue weighted by Crippen LogP contribution is -2.39. The number of rotatable bonds is 5. The summed E-state index contributed by atoms with van der Waals surface area (Å²) >= 11 is 0. The number of nitrogens with zero attached hydrogens (tertiary/aromatic N) is 5. The molecule has 0 aliphatic carbocycles. The van der Waals surface area contributed by atoms with E-state index in [1.807, 2.05) is 24.4 Å². The van der Waals surface area contributed by atoms with E-state index in [4.69, 9.17) is 4.74 Å².